The zero-order valence-electron chi connectivity index (χ0n) is 16.2. The average Bonchev–Trinajstić information content (AvgIpc) is 3.05. The second kappa shape index (κ2) is 9.90. The van der Waals surface area contributed by atoms with Gasteiger partial charge in [-0.15, -0.1) is 0 Å². The zero-order valence-corrected chi connectivity index (χ0v) is 16.2. The number of hydrogen-bond donors (Lipinski definition) is 1. The topological polar surface area (TPSA) is 72.8 Å². The fourth-order valence-electron chi connectivity index (χ4n) is 3.80. The van der Waals surface area contributed by atoms with E-state index in [9.17, 15) is 9.59 Å². The monoisotopic (exact) mass is 377 g/mol. The Morgan fingerprint density at radius 1 is 1.26 bits per heavy atom. The first-order chi connectivity index (χ1) is 13.2. The van der Waals surface area contributed by atoms with Crippen molar-refractivity contribution in [3.05, 3.63) is 28.2 Å². The van der Waals surface area contributed by atoms with Gasteiger partial charge in [-0.1, -0.05) is 12.8 Å². The number of carbonyl (C=O) groups is 1. The van der Waals surface area contributed by atoms with E-state index in [1.807, 2.05) is 4.57 Å². The van der Waals surface area contributed by atoms with E-state index < -0.39 is 0 Å². The molecule has 1 aromatic rings. The molecule has 150 valence electrons. The highest BCUT2D eigenvalue weighted by Crippen LogP contribution is 2.15. The van der Waals surface area contributed by atoms with Crippen molar-refractivity contribution in [2.75, 3.05) is 33.4 Å². The third-order valence-corrected chi connectivity index (χ3v) is 5.35. The lowest BCUT2D eigenvalue weighted by molar-refractivity contribution is -0.122. The number of hydrogen-bond acceptors (Lipinski definition) is 5. The van der Waals surface area contributed by atoms with E-state index in [0.717, 1.165) is 38.2 Å². The lowest BCUT2D eigenvalue weighted by Gasteiger charge is -2.23. The normalized spacial score (nSPS) is 21.0. The molecule has 3 heterocycles. The molecule has 1 amide bonds. The number of methoxy groups -OCH3 is 1. The van der Waals surface area contributed by atoms with Crippen molar-refractivity contribution < 1.29 is 14.3 Å². The molecular formula is C20H31N3O4. The summed E-state index contributed by atoms with van der Waals surface area (Å²) in [6.45, 7) is 4.23. The predicted octanol–water partition coefficient (Wildman–Crippen LogP) is 1.53. The van der Waals surface area contributed by atoms with E-state index in [4.69, 9.17) is 9.47 Å². The SMILES string of the molecule is COc1cn(CC(=O)NC[C@H]2CCCO2)c(CN2CCCCCC2)cc1=O. The van der Waals surface area contributed by atoms with Gasteiger partial charge in [0.05, 0.1) is 19.4 Å². The number of likely N-dealkylation sites (tertiary alicyclic amines) is 1. The van der Waals surface area contributed by atoms with Crippen LogP contribution in [0.4, 0.5) is 0 Å². The maximum absolute atomic E-state index is 12.4. The molecule has 0 radical (unpaired) electrons. The van der Waals surface area contributed by atoms with E-state index >= 15 is 0 Å². The fourth-order valence-corrected chi connectivity index (χ4v) is 3.80. The van der Waals surface area contributed by atoms with E-state index in [1.165, 1.54) is 32.8 Å². The maximum Gasteiger partial charge on any atom is 0.240 e. The van der Waals surface area contributed by atoms with Crippen LogP contribution < -0.4 is 15.5 Å². The Morgan fingerprint density at radius 3 is 2.70 bits per heavy atom. The van der Waals surface area contributed by atoms with E-state index in [-0.39, 0.29) is 29.7 Å². The summed E-state index contributed by atoms with van der Waals surface area (Å²) in [5.74, 6) is 0.190. The number of nitrogens with one attached hydrogen (secondary N) is 1. The molecule has 2 saturated heterocycles. The Kier molecular flexibility index (Phi) is 7.29. The highest BCUT2D eigenvalue weighted by molar-refractivity contribution is 5.75. The molecule has 3 rings (SSSR count). The highest BCUT2D eigenvalue weighted by Gasteiger charge is 2.18. The first-order valence-corrected chi connectivity index (χ1v) is 10.0. The first-order valence-electron chi connectivity index (χ1n) is 10.0. The molecule has 1 atom stereocenters. The molecule has 0 aromatic carbocycles. The van der Waals surface area contributed by atoms with E-state index in [2.05, 4.69) is 10.2 Å². The smallest absolute Gasteiger partial charge is 0.240 e. The summed E-state index contributed by atoms with van der Waals surface area (Å²) in [6, 6.07) is 1.61. The van der Waals surface area contributed by atoms with Crippen molar-refractivity contribution in [2.24, 2.45) is 0 Å². The third kappa shape index (κ3) is 5.81. The minimum atomic E-state index is -0.140. The van der Waals surface area contributed by atoms with Gasteiger partial charge in [-0.25, -0.2) is 0 Å². The van der Waals surface area contributed by atoms with Gasteiger partial charge in [0.15, 0.2) is 5.75 Å². The Labute approximate surface area is 160 Å². The van der Waals surface area contributed by atoms with Gasteiger partial charge in [0.25, 0.3) is 0 Å². The van der Waals surface area contributed by atoms with Crippen LogP contribution in [-0.4, -0.2) is 54.8 Å². The number of carbonyl (C=O) groups excluding carboxylic acids is 1. The number of pyridine rings is 1. The van der Waals surface area contributed by atoms with Crippen molar-refractivity contribution in [3.8, 4) is 5.75 Å². The summed E-state index contributed by atoms with van der Waals surface area (Å²) in [7, 11) is 1.48. The summed E-state index contributed by atoms with van der Waals surface area (Å²) < 4.78 is 12.6. The molecule has 1 aromatic heterocycles. The van der Waals surface area contributed by atoms with Gasteiger partial charge in [0.1, 0.15) is 6.54 Å². The molecule has 0 saturated carbocycles. The minimum Gasteiger partial charge on any atom is -0.491 e. The van der Waals surface area contributed by atoms with Gasteiger partial charge in [0.2, 0.25) is 11.3 Å². The highest BCUT2D eigenvalue weighted by atomic mass is 16.5. The Balaban J connectivity index is 1.68. The van der Waals surface area contributed by atoms with E-state index in [1.54, 1.807) is 12.3 Å². The lowest BCUT2D eigenvalue weighted by Crippen LogP contribution is -2.35. The molecule has 0 aliphatic carbocycles. The van der Waals surface area contributed by atoms with Crippen molar-refractivity contribution in [2.45, 2.75) is 57.7 Å². The second-order valence-electron chi connectivity index (χ2n) is 7.45. The third-order valence-electron chi connectivity index (χ3n) is 5.35. The van der Waals surface area contributed by atoms with Crippen LogP contribution in [0.2, 0.25) is 0 Å². The summed E-state index contributed by atoms with van der Waals surface area (Å²) in [6.07, 6.45) is 8.71. The molecule has 0 spiro atoms. The van der Waals surface area contributed by atoms with E-state index in [0.29, 0.717) is 13.1 Å². The standard InChI is InChI=1S/C20H31N3O4/c1-26-19-14-23(15-20(25)21-12-17-7-6-10-27-17)16(11-18(19)24)13-22-8-4-2-3-5-9-22/h11,14,17H,2-10,12-13,15H2,1H3,(H,21,25)/t17-/m1/s1. The first kappa shape index (κ1) is 19.9. The number of aromatic nitrogens is 1. The molecule has 27 heavy (non-hydrogen) atoms. The maximum atomic E-state index is 12.4. The molecule has 0 bridgehead atoms. The van der Waals surface area contributed by atoms with Crippen LogP contribution in [0.3, 0.4) is 0 Å². The second-order valence-corrected chi connectivity index (χ2v) is 7.45. The van der Waals surface area contributed by atoms with Gasteiger partial charge >= 0.3 is 0 Å². The number of nitrogens with zero attached hydrogens (tertiary/aromatic N) is 2. The number of amides is 1. The largest absolute Gasteiger partial charge is 0.491 e. The van der Waals surface area contributed by atoms with Crippen molar-refractivity contribution in [1.29, 1.82) is 0 Å². The van der Waals surface area contributed by atoms with Crippen molar-refractivity contribution in [3.63, 3.8) is 0 Å². The fraction of sp³-hybridized carbons (Fsp3) is 0.700. The zero-order chi connectivity index (χ0) is 19.1. The Bertz CT molecular complexity index is 674. The van der Waals surface area contributed by atoms with Gasteiger partial charge < -0.3 is 19.4 Å². The van der Waals surface area contributed by atoms with Crippen LogP contribution in [-0.2, 0) is 22.6 Å². The summed E-state index contributed by atoms with van der Waals surface area (Å²) in [5.41, 5.74) is 0.716. The van der Waals surface area contributed by atoms with Gasteiger partial charge in [-0.2, -0.15) is 0 Å². The Hall–Kier alpha value is -1.86. The van der Waals surface area contributed by atoms with Crippen LogP contribution in [0.15, 0.2) is 17.1 Å². The van der Waals surface area contributed by atoms with Crippen molar-refractivity contribution in [1.82, 2.24) is 14.8 Å². The van der Waals surface area contributed by atoms with Crippen LogP contribution >= 0.6 is 0 Å². The number of rotatable bonds is 7. The Morgan fingerprint density at radius 2 is 2.04 bits per heavy atom. The van der Waals surface area contributed by atoms with Crippen molar-refractivity contribution >= 4 is 5.91 Å². The molecular weight excluding hydrogens is 346 g/mol. The van der Waals surface area contributed by atoms with Gasteiger partial charge in [-0.3, -0.25) is 14.5 Å². The molecule has 2 aliphatic rings. The molecule has 7 nitrogen and oxygen atoms in total. The summed E-state index contributed by atoms with van der Waals surface area (Å²) >= 11 is 0. The van der Waals surface area contributed by atoms with Crippen LogP contribution in [0, 0.1) is 0 Å². The summed E-state index contributed by atoms with van der Waals surface area (Å²) in [5, 5.41) is 2.95. The average molecular weight is 377 g/mol. The molecule has 2 fully saturated rings. The predicted molar refractivity (Wildman–Crippen MR) is 103 cm³/mol. The van der Waals surface area contributed by atoms with Crippen LogP contribution in [0.25, 0.3) is 0 Å². The minimum absolute atomic E-state index is 0.0756. The quantitative estimate of drug-likeness (QED) is 0.780. The molecule has 7 heteroatoms. The van der Waals surface area contributed by atoms with Crippen LogP contribution in [0.5, 0.6) is 5.75 Å². The number of ether oxygens (including phenoxy) is 2. The van der Waals surface area contributed by atoms with Gasteiger partial charge in [-0.05, 0) is 38.8 Å². The van der Waals surface area contributed by atoms with Gasteiger partial charge in [0, 0.05) is 31.5 Å². The lowest BCUT2D eigenvalue weighted by atomic mass is 10.2. The molecule has 1 N–H and O–H groups in total. The summed E-state index contributed by atoms with van der Waals surface area (Å²) in [4.78, 5) is 27.0. The molecule has 2 aliphatic heterocycles. The molecule has 0 unspecified atom stereocenters. The van der Waals surface area contributed by atoms with Crippen LogP contribution in [0.1, 0.15) is 44.2 Å².